The molecular formula is C17H23NO. The van der Waals surface area contributed by atoms with Crippen molar-refractivity contribution in [2.24, 2.45) is 5.41 Å². The third-order valence-electron chi connectivity index (χ3n) is 4.92. The Bertz CT molecular complexity index is 504. The van der Waals surface area contributed by atoms with Gasteiger partial charge in [0.2, 0.25) is 0 Å². The lowest BCUT2D eigenvalue weighted by atomic mass is 9.62. The van der Waals surface area contributed by atoms with Gasteiger partial charge < -0.3 is 5.11 Å². The molecule has 1 aliphatic rings. The highest BCUT2D eigenvalue weighted by Crippen LogP contribution is 2.49. The van der Waals surface area contributed by atoms with Crippen molar-refractivity contribution >= 4 is 0 Å². The third kappa shape index (κ3) is 2.28. The van der Waals surface area contributed by atoms with Crippen LogP contribution < -0.4 is 0 Å². The monoisotopic (exact) mass is 257 g/mol. The van der Waals surface area contributed by atoms with E-state index in [9.17, 15) is 10.4 Å². The second-order valence-electron chi connectivity index (χ2n) is 6.13. The number of rotatable bonds is 2. The molecule has 102 valence electrons. The van der Waals surface area contributed by atoms with Gasteiger partial charge in [0.05, 0.1) is 11.5 Å². The summed E-state index contributed by atoms with van der Waals surface area (Å²) in [5, 5.41) is 20.7. The van der Waals surface area contributed by atoms with Crippen LogP contribution in [0.3, 0.4) is 0 Å². The van der Waals surface area contributed by atoms with Crippen LogP contribution in [-0.2, 0) is 5.60 Å². The number of nitriles is 1. The van der Waals surface area contributed by atoms with Crippen LogP contribution in [0.2, 0.25) is 0 Å². The van der Waals surface area contributed by atoms with Gasteiger partial charge in [0, 0.05) is 0 Å². The van der Waals surface area contributed by atoms with Crippen molar-refractivity contribution in [3.05, 3.63) is 34.9 Å². The molecule has 2 nitrogen and oxygen atoms in total. The summed E-state index contributed by atoms with van der Waals surface area (Å²) in [5.41, 5.74) is 1.56. The fourth-order valence-electron chi connectivity index (χ4n) is 3.18. The van der Waals surface area contributed by atoms with E-state index in [4.69, 9.17) is 0 Å². The molecule has 0 amide bonds. The zero-order chi connectivity index (χ0) is 14.1. The third-order valence-corrected chi connectivity index (χ3v) is 4.92. The van der Waals surface area contributed by atoms with Crippen molar-refractivity contribution < 1.29 is 5.11 Å². The van der Waals surface area contributed by atoms with E-state index in [0.29, 0.717) is 0 Å². The van der Waals surface area contributed by atoms with Crippen LogP contribution in [0, 0.1) is 30.6 Å². The van der Waals surface area contributed by atoms with Gasteiger partial charge in [0.25, 0.3) is 0 Å². The lowest BCUT2D eigenvalue weighted by molar-refractivity contribution is -0.0634. The molecule has 1 saturated carbocycles. The van der Waals surface area contributed by atoms with Crippen molar-refractivity contribution in [1.29, 1.82) is 5.26 Å². The van der Waals surface area contributed by atoms with E-state index < -0.39 is 11.0 Å². The van der Waals surface area contributed by atoms with E-state index in [1.807, 2.05) is 25.1 Å². The summed E-state index contributed by atoms with van der Waals surface area (Å²) < 4.78 is 0. The Hall–Kier alpha value is -1.33. The number of aliphatic hydroxyl groups is 1. The highest BCUT2D eigenvalue weighted by Gasteiger charge is 2.49. The lowest BCUT2D eigenvalue weighted by Gasteiger charge is -2.43. The molecule has 0 spiro atoms. The first kappa shape index (κ1) is 14.1. The summed E-state index contributed by atoms with van der Waals surface area (Å²) in [5.74, 6) is 0. The predicted molar refractivity (Wildman–Crippen MR) is 76.6 cm³/mol. The minimum absolute atomic E-state index is 0.632. The molecule has 1 unspecified atom stereocenters. The molecule has 1 fully saturated rings. The van der Waals surface area contributed by atoms with Gasteiger partial charge in [-0.15, -0.1) is 0 Å². The lowest BCUT2D eigenvalue weighted by Crippen LogP contribution is -2.44. The first-order chi connectivity index (χ1) is 8.93. The van der Waals surface area contributed by atoms with Gasteiger partial charge in [-0.25, -0.2) is 0 Å². The standard InChI is InChI=1S/C17H23NO/c1-13-7-8-15(11-14(13)2)16(3,19)17(12-18)9-5-4-6-10-17/h7-8,11,19H,4-6,9-10H2,1-3H3. The first-order valence-electron chi connectivity index (χ1n) is 7.14. The molecule has 0 aliphatic heterocycles. The van der Waals surface area contributed by atoms with Gasteiger partial charge in [-0.2, -0.15) is 5.26 Å². The topological polar surface area (TPSA) is 44.0 Å². The maximum absolute atomic E-state index is 11.1. The molecule has 1 aromatic rings. The normalized spacial score (nSPS) is 21.4. The number of benzene rings is 1. The highest BCUT2D eigenvalue weighted by molar-refractivity contribution is 5.35. The number of hydrogen-bond donors (Lipinski definition) is 1. The second kappa shape index (κ2) is 4.98. The Morgan fingerprint density at radius 3 is 2.32 bits per heavy atom. The molecule has 2 heteroatoms. The minimum Gasteiger partial charge on any atom is -0.384 e. The summed E-state index contributed by atoms with van der Waals surface area (Å²) in [6, 6.07) is 8.47. The fourth-order valence-corrected chi connectivity index (χ4v) is 3.18. The smallest absolute Gasteiger partial charge is 0.105 e. The van der Waals surface area contributed by atoms with E-state index >= 15 is 0 Å². The highest BCUT2D eigenvalue weighted by atomic mass is 16.3. The summed E-state index contributed by atoms with van der Waals surface area (Å²) in [6.07, 6.45) is 4.84. The van der Waals surface area contributed by atoms with Crippen molar-refractivity contribution in [2.45, 2.75) is 58.5 Å². The van der Waals surface area contributed by atoms with Gasteiger partial charge >= 0.3 is 0 Å². The SMILES string of the molecule is Cc1ccc(C(C)(O)C2(C#N)CCCCC2)cc1C. The Balaban J connectivity index is 2.45. The Morgan fingerprint density at radius 2 is 1.79 bits per heavy atom. The number of aryl methyl sites for hydroxylation is 2. The van der Waals surface area contributed by atoms with E-state index in [-0.39, 0.29) is 0 Å². The number of nitrogens with zero attached hydrogens (tertiary/aromatic N) is 1. The Morgan fingerprint density at radius 1 is 1.16 bits per heavy atom. The van der Waals surface area contributed by atoms with E-state index in [2.05, 4.69) is 19.9 Å². The summed E-state index contributed by atoms with van der Waals surface area (Å²) >= 11 is 0. The van der Waals surface area contributed by atoms with Gasteiger partial charge in [-0.05, 0) is 50.3 Å². The largest absolute Gasteiger partial charge is 0.384 e. The Kier molecular flexibility index (Phi) is 3.69. The quantitative estimate of drug-likeness (QED) is 0.870. The second-order valence-corrected chi connectivity index (χ2v) is 6.13. The first-order valence-corrected chi connectivity index (χ1v) is 7.14. The van der Waals surface area contributed by atoms with Crippen molar-refractivity contribution in [2.75, 3.05) is 0 Å². The fraction of sp³-hybridized carbons (Fsp3) is 0.588. The maximum Gasteiger partial charge on any atom is 0.105 e. The van der Waals surface area contributed by atoms with Crippen LogP contribution in [0.15, 0.2) is 18.2 Å². The minimum atomic E-state index is -1.07. The zero-order valence-electron chi connectivity index (χ0n) is 12.2. The van der Waals surface area contributed by atoms with Gasteiger partial charge in [-0.3, -0.25) is 0 Å². The average molecular weight is 257 g/mol. The van der Waals surface area contributed by atoms with Crippen molar-refractivity contribution in [3.8, 4) is 6.07 Å². The molecule has 1 N–H and O–H groups in total. The van der Waals surface area contributed by atoms with Crippen LogP contribution >= 0.6 is 0 Å². The summed E-state index contributed by atoms with van der Waals surface area (Å²) in [6.45, 7) is 5.93. The molecule has 0 radical (unpaired) electrons. The molecule has 1 aromatic carbocycles. The molecule has 0 heterocycles. The zero-order valence-corrected chi connectivity index (χ0v) is 12.2. The molecular weight excluding hydrogens is 234 g/mol. The molecule has 1 atom stereocenters. The van der Waals surface area contributed by atoms with Crippen molar-refractivity contribution in [1.82, 2.24) is 0 Å². The molecule has 1 aliphatic carbocycles. The van der Waals surface area contributed by atoms with Crippen LogP contribution in [0.4, 0.5) is 0 Å². The molecule has 2 rings (SSSR count). The summed E-state index contributed by atoms with van der Waals surface area (Å²) in [4.78, 5) is 0. The van der Waals surface area contributed by atoms with E-state index in [0.717, 1.165) is 31.2 Å². The van der Waals surface area contributed by atoms with Crippen LogP contribution in [0.1, 0.15) is 55.7 Å². The molecule has 0 saturated heterocycles. The van der Waals surface area contributed by atoms with Crippen LogP contribution in [0.5, 0.6) is 0 Å². The number of hydrogen-bond acceptors (Lipinski definition) is 2. The predicted octanol–water partition coefficient (Wildman–Crippen LogP) is 3.99. The molecule has 0 bridgehead atoms. The molecule has 0 aromatic heterocycles. The van der Waals surface area contributed by atoms with E-state index in [1.165, 1.54) is 17.5 Å². The molecule has 19 heavy (non-hydrogen) atoms. The van der Waals surface area contributed by atoms with Crippen LogP contribution in [-0.4, -0.2) is 5.11 Å². The summed E-state index contributed by atoms with van der Waals surface area (Å²) in [7, 11) is 0. The maximum atomic E-state index is 11.1. The van der Waals surface area contributed by atoms with Gasteiger partial charge in [-0.1, -0.05) is 37.5 Å². The van der Waals surface area contributed by atoms with Gasteiger partial charge in [0.15, 0.2) is 0 Å². The van der Waals surface area contributed by atoms with Gasteiger partial charge in [0.1, 0.15) is 5.60 Å². The van der Waals surface area contributed by atoms with Crippen molar-refractivity contribution in [3.63, 3.8) is 0 Å². The van der Waals surface area contributed by atoms with E-state index in [1.54, 1.807) is 0 Å². The van der Waals surface area contributed by atoms with Crippen LogP contribution in [0.25, 0.3) is 0 Å². The average Bonchev–Trinajstić information content (AvgIpc) is 2.42. The Labute approximate surface area is 116 Å².